The highest BCUT2D eigenvalue weighted by Gasteiger charge is 2.19. The van der Waals surface area contributed by atoms with Crippen molar-refractivity contribution < 1.29 is 9.53 Å². The van der Waals surface area contributed by atoms with Crippen molar-refractivity contribution in [2.75, 3.05) is 26.2 Å². The predicted molar refractivity (Wildman–Crippen MR) is 102 cm³/mol. The van der Waals surface area contributed by atoms with E-state index in [1.54, 1.807) is 6.20 Å². The minimum atomic E-state index is -0.0500. The number of aromatic nitrogens is 1. The van der Waals surface area contributed by atoms with Gasteiger partial charge in [-0.15, -0.1) is 0 Å². The summed E-state index contributed by atoms with van der Waals surface area (Å²) in [5.41, 5.74) is 2.30. The van der Waals surface area contributed by atoms with Gasteiger partial charge >= 0.3 is 0 Å². The summed E-state index contributed by atoms with van der Waals surface area (Å²) in [6, 6.07) is 11.8. The zero-order chi connectivity index (χ0) is 18.2. The molecule has 1 aliphatic rings. The fourth-order valence-corrected chi connectivity index (χ4v) is 3.27. The molecule has 5 nitrogen and oxygen atoms in total. The highest BCUT2D eigenvalue weighted by molar-refractivity contribution is 5.77. The Morgan fingerprint density at radius 3 is 2.77 bits per heavy atom. The van der Waals surface area contributed by atoms with Crippen molar-refractivity contribution in [2.24, 2.45) is 5.92 Å². The number of rotatable bonds is 7. The molecule has 2 aromatic rings. The molecule has 2 heterocycles. The summed E-state index contributed by atoms with van der Waals surface area (Å²) in [4.78, 5) is 18.7. The Balaban J connectivity index is 1.33. The van der Waals surface area contributed by atoms with Gasteiger partial charge in [-0.25, -0.2) is 0 Å². The van der Waals surface area contributed by atoms with Crippen LogP contribution in [0.4, 0.5) is 0 Å². The number of nitrogens with zero attached hydrogens (tertiary/aromatic N) is 2. The maximum Gasteiger partial charge on any atom is 0.257 e. The SMILES string of the molecule is Cc1ccccc1OCC(=O)NCC1CCN(Cc2cccnc2)CC1. The highest BCUT2D eigenvalue weighted by atomic mass is 16.5. The molecule has 1 aromatic heterocycles. The van der Waals surface area contributed by atoms with Crippen molar-refractivity contribution in [3.63, 3.8) is 0 Å². The second kappa shape index (κ2) is 9.34. The molecule has 0 saturated carbocycles. The van der Waals surface area contributed by atoms with E-state index < -0.39 is 0 Å². The van der Waals surface area contributed by atoms with Crippen LogP contribution in [0.1, 0.15) is 24.0 Å². The summed E-state index contributed by atoms with van der Waals surface area (Å²) in [7, 11) is 0. The van der Waals surface area contributed by atoms with E-state index in [0.717, 1.165) is 50.3 Å². The van der Waals surface area contributed by atoms with Crippen LogP contribution < -0.4 is 10.1 Å². The normalized spacial score (nSPS) is 15.6. The van der Waals surface area contributed by atoms with Gasteiger partial charge in [0.25, 0.3) is 5.91 Å². The average molecular weight is 353 g/mol. The lowest BCUT2D eigenvalue weighted by molar-refractivity contribution is -0.123. The predicted octanol–water partition coefficient (Wildman–Crippen LogP) is 2.80. The van der Waals surface area contributed by atoms with Crippen LogP contribution in [-0.4, -0.2) is 42.0 Å². The lowest BCUT2D eigenvalue weighted by Crippen LogP contribution is -2.39. The Hall–Kier alpha value is -2.40. The van der Waals surface area contributed by atoms with Crippen molar-refractivity contribution in [3.05, 3.63) is 59.9 Å². The molecule has 0 aliphatic carbocycles. The van der Waals surface area contributed by atoms with Crippen LogP contribution in [0.5, 0.6) is 5.75 Å². The van der Waals surface area contributed by atoms with Gasteiger partial charge in [-0.2, -0.15) is 0 Å². The Morgan fingerprint density at radius 1 is 1.23 bits per heavy atom. The van der Waals surface area contributed by atoms with Crippen LogP contribution in [-0.2, 0) is 11.3 Å². The fraction of sp³-hybridized carbons (Fsp3) is 0.429. The standard InChI is InChI=1S/C21H27N3O2/c1-17-5-2-3-7-20(17)26-16-21(25)23-14-18-8-11-24(12-9-18)15-19-6-4-10-22-13-19/h2-7,10,13,18H,8-9,11-12,14-16H2,1H3,(H,23,25). The van der Waals surface area contributed by atoms with Gasteiger partial charge in [0, 0.05) is 25.5 Å². The Morgan fingerprint density at radius 2 is 2.04 bits per heavy atom. The minimum absolute atomic E-state index is 0.0500. The molecular formula is C21H27N3O2. The number of amides is 1. The lowest BCUT2D eigenvalue weighted by atomic mass is 9.96. The summed E-state index contributed by atoms with van der Waals surface area (Å²) in [5, 5.41) is 3.01. The first kappa shape index (κ1) is 18.4. The van der Waals surface area contributed by atoms with Crippen LogP contribution >= 0.6 is 0 Å². The first-order chi connectivity index (χ1) is 12.7. The van der Waals surface area contributed by atoms with E-state index in [0.29, 0.717) is 5.92 Å². The Labute approximate surface area is 155 Å². The minimum Gasteiger partial charge on any atom is -0.484 e. The third-order valence-electron chi connectivity index (χ3n) is 4.88. The van der Waals surface area contributed by atoms with Crippen molar-refractivity contribution >= 4 is 5.91 Å². The molecular weight excluding hydrogens is 326 g/mol. The molecule has 0 spiro atoms. The number of benzene rings is 1. The monoisotopic (exact) mass is 353 g/mol. The number of likely N-dealkylation sites (tertiary alicyclic amines) is 1. The van der Waals surface area contributed by atoms with E-state index >= 15 is 0 Å². The molecule has 0 radical (unpaired) electrons. The number of nitrogens with one attached hydrogen (secondary N) is 1. The van der Waals surface area contributed by atoms with Crippen molar-refractivity contribution in [3.8, 4) is 5.75 Å². The molecule has 26 heavy (non-hydrogen) atoms. The van der Waals surface area contributed by atoms with Crippen LogP contribution in [0.2, 0.25) is 0 Å². The average Bonchev–Trinajstić information content (AvgIpc) is 2.68. The zero-order valence-corrected chi connectivity index (χ0v) is 15.4. The van der Waals surface area contributed by atoms with Crippen molar-refractivity contribution in [1.29, 1.82) is 0 Å². The molecule has 138 valence electrons. The van der Waals surface area contributed by atoms with Gasteiger partial charge in [0.2, 0.25) is 0 Å². The van der Waals surface area contributed by atoms with E-state index in [4.69, 9.17) is 4.74 Å². The van der Waals surface area contributed by atoms with Gasteiger partial charge < -0.3 is 10.1 Å². The van der Waals surface area contributed by atoms with Gasteiger partial charge in [0.05, 0.1) is 0 Å². The molecule has 1 saturated heterocycles. The van der Waals surface area contributed by atoms with Crippen molar-refractivity contribution in [1.82, 2.24) is 15.2 Å². The van der Waals surface area contributed by atoms with Gasteiger partial charge in [0.1, 0.15) is 5.75 Å². The van der Waals surface area contributed by atoms with Crippen LogP contribution in [0, 0.1) is 12.8 Å². The molecule has 1 amide bonds. The largest absolute Gasteiger partial charge is 0.484 e. The number of pyridine rings is 1. The van der Waals surface area contributed by atoms with Gasteiger partial charge in [-0.1, -0.05) is 24.3 Å². The third-order valence-corrected chi connectivity index (χ3v) is 4.88. The van der Waals surface area contributed by atoms with Gasteiger partial charge in [-0.05, 0) is 62.0 Å². The highest BCUT2D eigenvalue weighted by Crippen LogP contribution is 2.18. The van der Waals surface area contributed by atoms with Crippen LogP contribution in [0.25, 0.3) is 0 Å². The summed E-state index contributed by atoms with van der Waals surface area (Å²) in [6.07, 6.45) is 5.96. The van der Waals surface area contributed by atoms with Gasteiger partial charge in [0.15, 0.2) is 6.61 Å². The maximum absolute atomic E-state index is 12.0. The molecule has 0 unspecified atom stereocenters. The molecule has 3 rings (SSSR count). The Kier molecular flexibility index (Phi) is 6.61. The van der Waals surface area contributed by atoms with E-state index in [2.05, 4.69) is 21.3 Å². The summed E-state index contributed by atoms with van der Waals surface area (Å²) in [5.74, 6) is 1.26. The number of carbonyl (C=O) groups is 1. The topological polar surface area (TPSA) is 54.5 Å². The lowest BCUT2D eigenvalue weighted by Gasteiger charge is -2.32. The molecule has 0 atom stereocenters. The summed E-state index contributed by atoms with van der Waals surface area (Å²) in [6.45, 7) is 5.87. The number of hydrogen-bond acceptors (Lipinski definition) is 4. The molecule has 1 N–H and O–H groups in total. The van der Waals surface area contributed by atoms with Crippen LogP contribution in [0.3, 0.4) is 0 Å². The number of hydrogen-bond donors (Lipinski definition) is 1. The summed E-state index contributed by atoms with van der Waals surface area (Å²) < 4.78 is 5.60. The molecule has 1 fully saturated rings. The zero-order valence-electron chi connectivity index (χ0n) is 15.4. The maximum atomic E-state index is 12.0. The number of piperidine rings is 1. The van der Waals surface area contributed by atoms with E-state index in [9.17, 15) is 4.79 Å². The summed E-state index contributed by atoms with van der Waals surface area (Å²) >= 11 is 0. The quantitative estimate of drug-likeness (QED) is 0.832. The van der Waals surface area contributed by atoms with E-state index in [-0.39, 0.29) is 12.5 Å². The second-order valence-electron chi connectivity index (χ2n) is 6.94. The Bertz CT molecular complexity index is 697. The molecule has 1 aliphatic heterocycles. The van der Waals surface area contributed by atoms with Gasteiger partial charge in [-0.3, -0.25) is 14.7 Å². The number of carbonyl (C=O) groups excluding carboxylic acids is 1. The second-order valence-corrected chi connectivity index (χ2v) is 6.94. The van der Waals surface area contributed by atoms with Crippen molar-refractivity contribution in [2.45, 2.75) is 26.3 Å². The fourth-order valence-electron chi connectivity index (χ4n) is 3.27. The first-order valence-electron chi connectivity index (χ1n) is 9.27. The van der Waals surface area contributed by atoms with E-state index in [1.807, 2.05) is 43.5 Å². The molecule has 0 bridgehead atoms. The number of ether oxygens (including phenoxy) is 1. The molecule has 1 aromatic carbocycles. The first-order valence-corrected chi connectivity index (χ1v) is 9.27. The van der Waals surface area contributed by atoms with E-state index in [1.165, 1.54) is 5.56 Å². The van der Waals surface area contributed by atoms with Crippen LogP contribution in [0.15, 0.2) is 48.8 Å². The third kappa shape index (κ3) is 5.56. The number of aryl methyl sites for hydroxylation is 1. The molecule has 5 heteroatoms. The number of para-hydroxylation sites is 1. The smallest absolute Gasteiger partial charge is 0.257 e.